The lowest BCUT2D eigenvalue weighted by atomic mass is 10.0. The zero-order chi connectivity index (χ0) is 17.3. The first-order chi connectivity index (χ1) is 12.4. The molecule has 0 aliphatic rings. The highest BCUT2D eigenvalue weighted by Crippen LogP contribution is 2.18. The second kappa shape index (κ2) is 9.21. The molecule has 3 heteroatoms. The topological polar surface area (TPSA) is 33.3 Å². The normalized spacial score (nSPS) is 10.9. The molecule has 130 valence electrons. The first-order valence-corrected chi connectivity index (χ1v) is 8.88. The van der Waals surface area contributed by atoms with Crippen molar-refractivity contribution >= 4 is 10.8 Å². The van der Waals surface area contributed by atoms with Gasteiger partial charge in [0.1, 0.15) is 5.75 Å². The Balaban J connectivity index is 1.34. The van der Waals surface area contributed by atoms with Crippen LogP contribution in [0.3, 0.4) is 0 Å². The predicted octanol–water partition coefficient (Wildman–Crippen LogP) is 3.77. The van der Waals surface area contributed by atoms with Gasteiger partial charge in [0.15, 0.2) is 0 Å². The molecule has 3 rings (SSSR count). The first kappa shape index (κ1) is 17.5. The lowest BCUT2D eigenvalue weighted by Crippen LogP contribution is -2.28. The highest BCUT2D eigenvalue weighted by molar-refractivity contribution is 5.85. The molecule has 0 saturated carbocycles. The van der Waals surface area contributed by atoms with Crippen LogP contribution in [0.4, 0.5) is 0 Å². The van der Waals surface area contributed by atoms with Crippen molar-refractivity contribution in [2.24, 2.45) is 0 Å². The largest absolute Gasteiger partial charge is 0.497 e. The van der Waals surface area contributed by atoms with E-state index in [-0.39, 0.29) is 0 Å². The summed E-state index contributed by atoms with van der Waals surface area (Å²) in [7, 11) is 1.70. The summed E-state index contributed by atoms with van der Waals surface area (Å²) in [5, 5.41) is 9.66. The Labute approximate surface area is 150 Å². The van der Waals surface area contributed by atoms with Crippen molar-refractivity contribution in [3.63, 3.8) is 0 Å². The minimum absolute atomic E-state index is 0.904. The molecule has 25 heavy (non-hydrogen) atoms. The van der Waals surface area contributed by atoms with Crippen LogP contribution in [0, 0.1) is 0 Å². The van der Waals surface area contributed by atoms with Crippen LogP contribution >= 0.6 is 0 Å². The summed E-state index contributed by atoms with van der Waals surface area (Å²) in [5.74, 6) is 0.911. The van der Waals surface area contributed by atoms with Crippen LogP contribution in [0.2, 0.25) is 0 Å². The summed E-state index contributed by atoms with van der Waals surface area (Å²) in [6.07, 6.45) is 1.04. The molecule has 0 amide bonds. The van der Waals surface area contributed by atoms with Crippen LogP contribution < -0.4 is 15.4 Å². The van der Waals surface area contributed by atoms with Gasteiger partial charge in [-0.15, -0.1) is 0 Å². The Morgan fingerprint density at radius 2 is 1.52 bits per heavy atom. The summed E-state index contributed by atoms with van der Waals surface area (Å²) >= 11 is 0. The van der Waals surface area contributed by atoms with Crippen molar-refractivity contribution in [2.75, 3.05) is 26.7 Å². The van der Waals surface area contributed by atoms with E-state index in [1.165, 1.54) is 21.9 Å². The van der Waals surface area contributed by atoms with Gasteiger partial charge in [0, 0.05) is 19.6 Å². The Morgan fingerprint density at radius 3 is 2.36 bits per heavy atom. The zero-order valence-corrected chi connectivity index (χ0v) is 14.8. The van der Waals surface area contributed by atoms with Crippen LogP contribution in [-0.4, -0.2) is 26.7 Å². The number of benzene rings is 3. The van der Waals surface area contributed by atoms with Gasteiger partial charge in [0.25, 0.3) is 0 Å². The summed E-state index contributed by atoms with van der Waals surface area (Å²) in [6, 6.07) is 23.3. The van der Waals surface area contributed by atoms with Crippen molar-refractivity contribution in [1.82, 2.24) is 10.6 Å². The van der Waals surface area contributed by atoms with Crippen LogP contribution in [-0.2, 0) is 13.0 Å². The summed E-state index contributed by atoms with van der Waals surface area (Å²) in [4.78, 5) is 0. The average molecular weight is 334 g/mol. The van der Waals surface area contributed by atoms with Gasteiger partial charge in [-0.05, 0) is 47.0 Å². The number of methoxy groups -OCH3 is 1. The zero-order valence-electron chi connectivity index (χ0n) is 14.8. The molecule has 0 aromatic heterocycles. The molecular weight excluding hydrogens is 308 g/mol. The summed E-state index contributed by atoms with van der Waals surface area (Å²) < 4.78 is 5.18. The molecule has 3 aromatic rings. The molecule has 0 aliphatic heterocycles. The number of fused-ring (bicyclic) bond motifs is 1. The summed E-state index contributed by atoms with van der Waals surface area (Å²) in [6.45, 7) is 3.83. The Morgan fingerprint density at radius 1 is 0.760 bits per heavy atom. The van der Waals surface area contributed by atoms with Crippen molar-refractivity contribution < 1.29 is 4.74 Å². The average Bonchev–Trinajstić information content (AvgIpc) is 2.68. The van der Waals surface area contributed by atoms with E-state index in [4.69, 9.17) is 4.74 Å². The van der Waals surface area contributed by atoms with E-state index in [0.29, 0.717) is 0 Å². The monoisotopic (exact) mass is 334 g/mol. The highest BCUT2D eigenvalue weighted by atomic mass is 16.5. The number of nitrogens with one attached hydrogen (secondary N) is 2. The molecule has 0 spiro atoms. The fraction of sp³-hybridized carbons (Fsp3) is 0.273. The smallest absolute Gasteiger partial charge is 0.118 e. The maximum Gasteiger partial charge on any atom is 0.118 e. The third-order valence-corrected chi connectivity index (χ3v) is 4.42. The van der Waals surface area contributed by atoms with Gasteiger partial charge in [0.05, 0.1) is 7.11 Å². The van der Waals surface area contributed by atoms with Gasteiger partial charge in [-0.25, -0.2) is 0 Å². The molecule has 0 saturated heterocycles. The van der Waals surface area contributed by atoms with E-state index in [1.54, 1.807) is 7.11 Å². The van der Waals surface area contributed by atoms with Crippen LogP contribution in [0.1, 0.15) is 11.1 Å². The van der Waals surface area contributed by atoms with E-state index in [2.05, 4.69) is 65.2 Å². The number of rotatable bonds is 9. The van der Waals surface area contributed by atoms with E-state index in [1.807, 2.05) is 12.1 Å². The molecule has 0 atom stereocenters. The number of ether oxygens (including phenoxy) is 1. The van der Waals surface area contributed by atoms with E-state index in [0.717, 1.165) is 38.3 Å². The number of hydrogen-bond acceptors (Lipinski definition) is 3. The maximum absolute atomic E-state index is 5.18. The van der Waals surface area contributed by atoms with Gasteiger partial charge in [0.2, 0.25) is 0 Å². The third-order valence-electron chi connectivity index (χ3n) is 4.42. The second-order valence-electron chi connectivity index (χ2n) is 6.16. The molecular formula is C22H26N2O. The van der Waals surface area contributed by atoms with Crippen molar-refractivity contribution in [1.29, 1.82) is 0 Å². The molecule has 0 bridgehead atoms. The SMILES string of the molecule is COc1ccc(CCNCCNCc2cccc3ccccc23)cc1. The molecule has 2 N–H and O–H groups in total. The quantitative estimate of drug-likeness (QED) is 0.585. The third kappa shape index (κ3) is 5.05. The second-order valence-corrected chi connectivity index (χ2v) is 6.16. The molecule has 0 unspecified atom stereocenters. The highest BCUT2D eigenvalue weighted by Gasteiger charge is 1.99. The van der Waals surface area contributed by atoms with Crippen LogP contribution in [0.15, 0.2) is 66.7 Å². The molecule has 0 radical (unpaired) electrons. The molecule has 0 heterocycles. The standard InChI is InChI=1S/C22H26N2O/c1-25-21-11-9-18(10-12-21)13-14-23-15-16-24-17-20-7-4-6-19-5-2-3-8-22(19)20/h2-12,23-24H,13-17H2,1H3. The van der Waals surface area contributed by atoms with Gasteiger partial charge in [-0.2, -0.15) is 0 Å². The van der Waals surface area contributed by atoms with Crippen molar-refractivity contribution in [3.8, 4) is 5.75 Å². The predicted molar refractivity (Wildman–Crippen MR) is 105 cm³/mol. The van der Waals surface area contributed by atoms with Gasteiger partial charge >= 0.3 is 0 Å². The van der Waals surface area contributed by atoms with Crippen LogP contribution in [0.5, 0.6) is 5.75 Å². The van der Waals surface area contributed by atoms with Gasteiger partial charge in [-0.1, -0.05) is 54.6 Å². The van der Waals surface area contributed by atoms with E-state index < -0.39 is 0 Å². The lowest BCUT2D eigenvalue weighted by Gasteiger charge is -2.09. The molecule has 0 aliphatic carbocycles. The maximum atomic E-state index is 5.18. The Bertz CT molecular complexity index is 778. The fourth-order valence-corrected chi connectivity index (χ4v) is 3.00. The van der Waals surface area contributed by atoms with Crippen molar-refractivity contribution in [2.45, 2.75) is 13.0 Å². The Hall–Kier alpha value is -2.36. The first-order valence-electron chi connectivity index (χ1n) is 8.88. The van der Waals surface area contributed by atoms with Gasteiger partial charge in [-0.3, -0.25) is 0 Å². The lowest BCUT2D eigenvalue weighted by molar-refractivity contribution is 0.414. The minimum atomic E-state index is 0.904. The fourth-order valence-electron chi connectivity index (χ4n) is 3.00. The molecule has 3 nitrogen and oxygen atoms in total. The van der Waals surface area contributed by atoms with Gasteiger partial charge < -0.3 is 15.4 Å². The van der Waals surface area contributed by atoms with E-state index >= 15 is 0 Å². The summed E-state index contributed by atoms with van der Waals surface area (Å²) in [5.41, 5.74) is 2.69. The Kier molecular flexibility index (Phi) is 6.43. The van der Waals surface area contributed by atoms with Crippen LogP contribution in [0.25, 0.3) is 10.8 Å². The van der Waals surface area contributed by atoms with E-state index in [9.17, 15) is 0 Å². The van der Waals surface area contributed by atoms with Crippen molar-refractivity contribution in [3.05, 3.63) is 77.9 Å². The minimum Gasteiger partial charge on any atom is -0.497 e. The molecule has 3 aromatic carbocycles. The molecule has 0 fully saturated rings. The number of hydrogen-bond donors (Lipinski definition) is 2.